The number of amides is 2. The summed E-state index contributed by atoms with van der Waals surface area (Å²) in [6, 6.07) is 12.7. The van der Waals surface area contributed by atoms with E-state index in [9.17, 15) is 24.5 Å². The molecule has 0 fully saturated rings. The zero-order chi connectivity index (χ0) is 22.8. The maximum Gasteiger partial charge on any atom is 0.355 e. The fourth-order valence-electron chi connectivity index (χ4n) is 2.47. The van der Waals surface area contributed by atoms with Gasteiger partial charge in [-0.3, -0.25) is 19.7 Å². The van der Waals surface area contributed by atoms with Crippen LogP contribution in [-0.4, -0.2) is 35.9 Å². The van der Waals surface area contributed by atoms with E-state index in [2.05, 4.69) is 10.6 Å². The Hall–Kier alpha value is -4.21. The maximum atomic E-state index is 12.3. The summed E-state index contributed by atoms with van der Waals surface area (Å²) < 4.78 is 10.2. The monoisotopic (exact) mass is 427 g/mol. The largest absolute Gasteiger partial charge is 0.494 e. The highest BCUT2D eigenvalue weighted by molar-refractivity contribution is 6.00. The number of benzene rings is 2. The van der Waals surface area contributed by atoms with Crippen molar-refractivity contribution in [3.63, 3.8) is 0 Å². The van der Waals surface area contributed by atoms with Crippen molar-refractivity contribution in [1.29, 1.82) is 0 Å². The predicted octanol–water partition coefficient (Wildman–Crippen LogP) is 2.65. The van der Waals surface area contributed by atoms with Crippen molar-refractivity contribution >= 4 is 35.2 Å². The minimum atomic E-state index is -0.935. The van der Waals surface area contributed by atoms with Gasteiger partial charge in [-0.1, -0.05) is 30.3 Å². The van der Waals surface area contributed by atoms with Gasteiger partial charge in [-0.2, -0.15) is 0 Å². The molecule has 0 unspecified atom stereocenters. The molecule has 2 amide bonds. The molecule has 0 aliphatic heterocycles. The zero-order valence-corrected chi connectivity index (χ0v) is 16.9. The third kappa shape index (κ3) is 7.28. The SMILES string of the molecule is CCOc1ccc(NC(=O)COC(=O)/C(=C/c2ccccc2)NC(C)=O)c([N+](=O)[O-])c1. The predicted molar refractivity (Wildman–Crippen MR) is 112 cm³/mol. The molecule has 31 heavy (non-hydrogen) atoms. The van der Waals surface area contributed by atoms with Crippen LogP contribution in [0.2, 0.25) is 0 Å². The highest BCUT2D eigenvalue weighted by Crippen LogP contribution is 2.29. The highest BCUT2D eigenvalue weighted by atomic mass is 16.6. The molecule has 2 rings (SSSR count). The molecule has 2 N–H and O–H groups in total. The minimum Gasteiger partial charge on any atom is -0.494 e. The van der Waals surface area contributed by atoms with Crippen LogP contribution in [0, 0.1) is 10.1 Å². The lowest BCUT2D eigenvalue weighted by Gasteiger charge is -2.10. The molecule has 0 bridgehead atoms. The summed E-state index contributed by atoms with van der Waals surface area (Å²) in [7, 11) is 0. The van der Waals surface area contributed by atoms with Crippen molar-refractivity contribution in [2.24, 2.45) is 0 Å². The van der Waals surface area contributed by atoms with Gasteiger partial charge in [-0.15, -0.1) is 0 Å². The number of nitrogens with one attached hydrogen (secondary N) is 2. The first-order valence-electron chi connectivity index (χ1n) is 9.22. The third-order valence-electron chi connectivity index (χ3n) is 3.73. The Morgan fingerprint density at radius 3 is 2.45 bits per heavy atom. The first-order chi connectivity index (χ1) is 14.8. The van der Waals surface area contributed by atoms with E-state index in [1.807, 2.05) is 0 Å². The summed E-state index contributed by atoms with van der Waals surface area (Å²) in [6.45, 7) is 2.57. The van der Waals surface area contributed by atoms with Crippen molar-refractivity contribution in [3.05, 3.63) is 69.9 Å². The Morgan fingerprint density at radius 1 is 1.13 bits per heavy atom. The molecule has 162 valence electrons. The van der Waals surface area contributed by atoms with Crippen LogP contribution >= 0.6 is 0 Å². The summed E-state index contributed by atoms with van der Waals surface area (Å²) in [5.41, 5.74) is 0.0427. The fraction of sp³-hybridized carbons (Fsp3) is 0.190. The lowest BCUT2D eigenvalue weighted by molar-refractivity contribution is -0.384. The molecule has 0 saturated heterocycles. The maximum absolute atomic E-state index is 12.3. The van der Waals surface area contributed by atoms with Gasteiger partial charge in [0.2, 0.25) is 5.91 Å². The van der Waals surface area contributed by atoms with Crippen molar-refractivity contribution in [1.82, 2.24) is 5.32 Å². The van der Waals surface area contributed by atoms with Crippen molar-refractivity contribution < 1.29 is 28.8 Å². The second-order valence-electron chi connectivity index (χ2n) is 6.14. The van der Waals surface area contributed by atoms with Gasteiger partial charge in [0.25, 0.3) is 11.6 Å². The molecule has 0 spiro atoms. The normalized spacial score (nSPS) is 10.7. The van der Waals surface area contributed by atoms with Crippen molar-refractivity contribution in [3.8, 4) is 5.75 Å². The Kier molecular flexibility index (Phi) is 8.26. The fourth-order valence-corrected chi connectivity index (χ4v) is 2.47. The van der Waals surface area contributed by atoms with Gasteiger partial charge in [0.1, 0.15) is 17.1 Å². The Bertz CT molecular complexity index is 1000. The smallest absolute Gasteiger partial charge is 0.355 e. The van der Waals surface area contributed by atoms with E-state index >= 15 is 0 Å². The molecule has 0 radical (unpaired) electrons. The van der Waals surface area contributed by atoms with E-state index in [-0.39, 0.29) is 22.8 Å². The van der Waals surface area contributed by atoms with Gasteiger partial charge in [-0.25, -0.2) is 4.79 Å². The van der Waals surface area contributed by atoms with Gasteiger partial charge >= 0.3 is 5.97 Å². The average Bonchev–Trinajstić information content (AvgIpc) is 2.73. The molecule has 0 atom stereocenters. The second-order valence-corrected chi connectivity index (χ2v) is 6.14. The molecule has 0 aliphatic rings. The van der Waals surface area contributed by atoms with E-state index < -0.39 is 29.3 Å². The van der Waals surface area contributed by atoms with Crippen LogP contribution in [0.4, 0.5) is 11.4 Å². The molecular formula is C21H21N3O7. The topological polar surface area (TPSA) is 137 Å². The molecular weight excluding hydrogens is 406 g/mol. The number of carbonyl (C=O) groups excluding carboxylic acids is 3. The Morgan fingerprint density at radius 2 is 1.84 bits per heavy atom. The molecule has 0 aliphatic carbocycles. The number of esters is 1. The van der Waals surface area contributed by atoms with E-state index in [0.717, 1.165) is 0 Å². The Balaban J connectivity index is 2.07. The van der Waals surface area contributed by atoms with Crippen LogP contribution in [-0.2, 0) is 19.1 Å². The Labute approximate surface area is 178 Å². The quantitative estimate of drug-likeness (QED) is 0.272. The number of ether oxygens (including phenoxy) is 2. The van der Waals surface area contributed by atoms with Gasteiger partial charge in [0.15, 0.2) is 6.61 Å². The highest BCUT2D eigenvalue weighted by Gasteiger charge is 2.19. The first kappa shape index (κ1) is 23.1. The standard InChI is InChI=1S/C21H21N3O7/c1-3-30-16-9-10-17(19(12-16)24(28)29)23-20(26)13-31-21(27)18(22-14(2)25)11-15-7-5-4-6-8-15/h4-12H,3,13H2,1-2H3,(H,22,25)(H,23,26)/b18-11-. The van der Waals surface area contributed by atoms with Crippen molar-refractivity contribution in [2.45, 2.75) is 13.8 Å². The summed E-state index contributed by atoms with van der Waals surface area (Å²) in [5.74, 6) is -1.93. The van der Waals surface area contributed by atoms with E-state index in [0.29, 0.717) is 12.2 Å². The summed E-state index contributed by atoms with van der Waals surface area (Å²) >= 11 is 0. The van der Waals surface area contributed by atoms with Crippen LogP contribution in [0.5, 0.6) is 5.75 Å². The van der Waals surface area contributed by atoms with Gasteiger partial charge < -0.3 is 20.1 Å². The zero-order valence-electron chi connectivity index (χ0n) is 16.9. The molecule has 10 heteroatoms. The average molecular weight is 427 g/mol. The first-order valence-corrected chi connectivity index (χ1v) is 9.22. The number of hydrogen-bond donors (Lipinski definition) is 2. The number of rotatable bonds is 9. The lowest BCUT2D eigenvalue weighted by Crippen LogP contribution is -2.29. The molecule has 2 aromatic carbocycles. The number of anilines is 1. The van der Waals surface area contributed by atoms with Crippen LogP contribution in [0.25, 0.3) is 6.08 Å². The number of hydrogen-bond acceptors (Lipinski definition) is 7. The van der Waals surface area contributed by atoms with Crippen LogP contribution in [0.15, 0.2) is 54.2 Å². The van der Waals surface area contributed by atoms with Gasteiger partial charge in [-0.05, 0) is 30.7 Å². The van der Waals surface area contributed by atoms with E-state index in [1.54, 1.807) is 37.3 Å². The summed E-state index contributed by atoms with van der Waals surface area (Å²) in [5, 5.41) is 15.9. The molecule has 0 saturated carbocycles. The number of nitro groups is 1. The van der Waals surface area contributed by atoms with Gasteiger partial charge in [0.05, 0.1) is 17.6 Å². The number of carbonyl (C=O) groups is 3. The van der Waals surface area contributed by atoms with Gasteiger partial charge in [0, 0.05) is 6.92 Å². The number of nitro benzene ring substituents is 1. The van der Waals surface area contributed by atoms with Crippen molar-refractivity contribution in [2.75, 3.05) is 18.5 Å². The van der Waals surface area contributed by atoms with Crippen LogP contribution in [0.3, 0.4) is 0 Å². The number of nitrogens with zero attached hydrogens (tertiary/aromatic N) is 1. The summed E-state index contributed by atoms with van der Waals surface area (Å²) in [4.78, 5) is 46.5. The van der Waals surface area contributed by atoms with E-state index in [4.69, 9.17) is 9.47 Å². The molecule has 0 heterocycles. The third-order valence-corrected chi connectivity index (χ3v) is 3.73. The molecule has 0 aromatic heterocycles. The molecule has 10 nitrogen and oxygen atoms in total. The summed E-state index contributed by atoms with van der Waals surface area (Å²) in [6.07, 6.45) is 1.40. The van der Waals surface area contributed by atoms with Crippen LogP contribution in [0.1, 0.15) is 19.4 Å². The van der Waals surface area contributed by atoms with E-state index in [1.165, 1.54) is 31.2 Å². The second kappa shape index (κ2) is 11.1. The molecule has 2 aromatic rings. The lowest BCUT2D eigenvalue weighted by atomic mass is 10.2. The van der Waals surface area contributed by atoms with Crippen LogP contribution < -0.4 is 15.4 Å². The minimum absolute atomic E-state index is 0.0728.